The number of hydrogen-bond donors (Lipinski definition) is 1. The fourth-order valence-corrected chi connectivity index (χ4v) is 2.75. The van der Waals surface area contributed by atoms with Crippen LogP contribution in [-0.4, -0.2) is 43.8 Å². The monoisotopic (exact) mass is 267 g/mol. The van der Waals surface area contributed by atoms with Crippen molar-refractivity contribution in [3.8, 4) is 6.07 Å². The molecule has 2 N–H and O–H groups in total. The van der Waals surface area contributed by atoms with Gasteiger partial charge in [0.2, 0.25) is 0 Å². The summed E-state index contributed by atoms with van der Waals surface area (Å²) in [4.78, 5) is 2.49. The average Bonchev–Trinajstić information content (AvgIpc) is 2.43. The van der Waals surface area contributed by atoms with E-state index in [1.165, 1.54) is 0 Å². The topological polar surface area (TPSA) is 62.3 Å². The van der Waals surface area contributed by atoms with Gasteiger partial charge in [0.1, 0.15) is 0 Å². The maximum absolute atomic E-state index is 8.99. The highest BCUT2D eigenvalue weighted by atomic mass is 16.5. The van der Waals surface area contributed by atoms with Crippen molar-refractivity contribution in [2.45, 2.75) is 58.1 Å². The van der Waals surface area contributed by atoms with Crippen molar-refractivity contribution in [2.75, 3.05) is 26.7 Å². The number of methoxy groups -OCH3 is 1. The third-order valence-electron chi connectivity index (χ3n) is 4.19. The van der Waals surface area contributed by atoms with E-state index in [0.717, 1.165) is 45.2 Å². The van der Waals surface area contributed by atoms with Crippen LogP contribution in [-0.2, 0) is 4.74 Å². The largest absolute Gasteiger partial charge is 0.381 e. The van der Waals surface area contributed by atoms with Crippen molar-refractivity contribution in [3.63, 3.8) is 0 Å². The zero-order valence-corrected chi connectivity index (χ0v) is 12.7. The molecule has 0 aromatic carbocycles. The summed E-state index contributed by atoms with van der Waals surface area (Å²) in [5, 5.41) is 8.99. The summed E-state index contributed by atoms with van der Waals surface area (Å²) in [6.07, 6.45) is 5.78. The van der Waals surface area contributed by atoms with E-state index >= 15 is 0 Å². The molecule has 0 spiro atoms. The van der Waals surface area contributed by atoms with Gasteiger partial charge in [-0.15, -0.1) is 0 Å². The molecule has 4 nitrogen and oxygen atoms in total. The van der Waals surface area contributed by atoms with E-state index in [2.05, 4.69) is 11.0 Å². The zero-order valence-electron chi connectivity index (χ0n) is 12.7. The SMILES string of the molecule is COC1CCN(CCCCC(C)(C)C#N)C(CN)C1. The van der Waals surface area contributed by atoms with Gasteiger partial charge in [-0.1, -0.05) is 6.42 Å². The average molecular weight is 267 g/mol. The first-order valence-electron chi connectivity index (χ1n) is 7.40. The van der Waals surface area contributed by atoms with Crippen LogP contribution in [0.4, 0.5) is 0 Å². The molecular weight excluding hydrogens is 238 g/mol. The lowest BCUT2D eigenvalue weighted by molar-refractivity contribution is 0.0127. The van der Waals surface area contributed by atoms with Gasteiger partial charge in [0.15, 0.2) is 0 Å². The molecule has 0 aliphatic carbocycles. The highest BCUT2D eigenvalue weighted by Gasteiger charge is 2.27. The van der Waals surface area contributed by atoms with Gasteiger partial charge >= 0.3 is 0 Å². The van der Waals surface area contributed by atoms with E-state index < -0.39 is 0 Å². The van der Waals surface area contributed by atoms with Crippen molar-refractivity contribution in [2.24, 2.45) is 11.1 Å². The molecule has 1 rings (SSSR count). The lowest BCUT2D eigenvalue weighted by Gasteiger charge is -2.38. The Kier molecular flexibility index (Phi) is 6.78. The first-order chi connectivity index (χ1) is 9.02. The molecule has 1 aliphatic heterocycles. The van der Waals surface area contributed by atoms with Crippen molar-refractivity contribution >= 4 is 0 Å². The summed E-state index contributed by atoms with van der Waals surface area (Å²) in [6.45, 7) is 6.92. The molecule has 19 heavy (non-hydrogen) atoms. The summed E-state index contributed by atoms with van der Waals surface area (Å²) in [5.74, 6) is 0. The number of likely N-dealkylation sites (tertiary alicyclic amines) is 1. The first kappa shape index (κ1) is 16.4. The quantitative estimate of drug-likeness (QED) is 0.718. The molecule has 110 valence electrons. The van der Waals surface area contributed by atoms with Crippen LogP contribution in [0.3, 0.4) is 0 Å². The fraction of sp³-hybridized carbons (Fsp3) is 0.933. The lowest BCUT2D eigenvalue weighted by atomic mass is 9.89. The molecule has 1 saturated heterocycles. The van der Waals surface area contributed by atoms with E-state index in [-0.39, 0.29) is 5.41 Å². The lowest BCUT2D eigenvalue weighted by Crippen LogP contribution is -2.48. The Labute approximate surface area is 117 Å². The van der Waals surface area contributed by atoms with E-state index in [4.69, 9.17) is 15.7 Å². The number of nitrogens with zero attached hydrogens (tertiary/aromatic N) is 2. The van der Waals surface area contributed by atoms with Gasteiger partial charge in [0.05, 0.1) is 17.6 Å². The van der Waals surface area contributed by atoms with Crippen LogP contribution in [0, 0.1) is 16.7 Å². The number of nitriles is 1. The Balaban J connectivity index is 2.27. The molecule has 2 atom stereocenters. The maximum atomic E-state index is 8.99. The molecule has 1 aliphatic rings. The van der Waals surface area contributed by atoms with Crippen LogP contribution >= 0.6 is 0 Å². The molecule has 1 fully saturated rings. The van der Waals surface area contributed by atoms with Crippen LogP contribution in [0.25, 0.3) is 0 Å². The second kappa shape index (κ2) is 7.84. The molecule has 2 unspecified atom stereocenters. The smallest absolute Gasteiger partial charge is 0.0683 e. The predicted molar refractivity (Wildman–Crippen MR) is 77.7 cm³/mol. The van der Waals surface area contributed by atoms with Crippen molar-refractivity contribution < 1.29 is 4.74 Å². The molecule has 4 heteroatoms. The molecule has 0 bridgehead atoms. The Morgan fingerprint density at radius 2 is 2.16 bits per heavy atom. The number of unbranched alkanes of at least 4 members (excludes halogenated alkanes) is 1. The Morgan fingerprint density at radius 1 is 1.42 bits per heavy atom. The van der Waals surface area contributed by atoms with E-state index in [9.17, 15) is 0 Å². The number of ether oxygens (including phenoxy) is 1. The molecule has 0 radical (unpaired) electrons. The standard InChI is InChI=1S/C15H29N3O/c1-15(2,12-17)7-4-5-8-18-9-6-14(19-3)10-13(18)11-16/h13-14H,4-11,16H2,1-3H3. The highest BCUT2D eigenvalue weighted by Crippen LogP contribution is 2.23. The van der Waals surface area contributed by atoms with Gasteiger partial charge in [-0.25, -0.2) is 0 Å². The summed E-state index contributed by atoms with van der Waals surface area (Å²) >= 11 is 0. The fourth-order valence-electron chi connectivity index (χ4n) is 2.75. The second-order valence-corrected chi connectivity index (χ2v) is 6.26. The highest BCUT2D eigenvalue weighted by molar-refractivity contribution is 4.91. The van der Waals surface area contributed by atoms with Gasteiger partial charge < -0.3 is 10.5 Å². The first-order valence-corrected chi connectivity index (χ1v) is 7.40. The Hall–Kier alpha value is -0.630. The maximum Gasteiger partial charge on any atom is 0.0683 e. The summed E-state index contributed by atoms with van der Waals surface area (Å²) in [7, 11) is 1.79. The van der Waals surface area contributed by atoms with E-state index in [1.54, 1.807) is 7.11 Å². The van der Waals surface area contributed by atoms with E-state index in [1.807, 2.05) is 13.8 Å². The van der Waals surface area contributed by atoms with Crippen LogP contribution < -0.4 is 5.73 Å². The zero-order chi connectivity index (χ0) is 14.3. The Morgan fingerprint density at radius 3 is 2.74 bits per heavy atom. The van der Waals surface area contributed by atoms with Gasteiger partial charge in [0.25, 0.3) is 0 Å². The van der Waals surface area contributed by atoms with Gasteiger partial charge in [-0.3, -0.25) is 4.90 Å². The number of hydrogen-bond acceptors (Lipinski definition) is 4. The second-order valence-electron chi connectivity index (χ2n) is 6.26. The number of piperidine rings is 1. The summed E-state index contributed by atoms with van der Waals surface area (Å²) in [5.41, 5.74) is 5.68. The van der Waals surface area contributed by atoms with E-state index in [0.29, 0.717) is 18.7 Å². The molecule has 1 heterocycles. The predicted octanol–water partition coefficient (Wildman–Crippen LogP) is 2.14. The van der Waals surface area contributed by atoms with Crippen molar-refractivity contribution in [1.82, 2.24) is 4.90 Å². The molecule has 0 amide bonds. The minimum absolute atomic E-state index is 0.184. The molecule has 0 saturated carbocycles. The summed E-state index contributed by atoms with van der Waals surface area (Å²) in [6, 6.07) is 2.82. The molecular formula is C15H29N3O. The number of nitrogens with two attached hydrogens (primary N) is 1. The van der Waals surface area contributed by atoms with Gasteiger partial charge in [-0.2, -0.15) is 5.26 Å². The number of rotatable bonds is 7. The van der Waals surface area contributed by atoms with Crippen molar-refractivity contribution in [3.05, 3.63) is 0 Å². The molecule has 0 aromatic rings. The minimum Gasteiger partial charge on any atom is -0.381 e. The van der Waals surface area contributed by atoms with Crippen LogP contribution in [0.15, 0.2) is 0 Å². The minimum atomic E-state index is -0.184. The third kappa shape index (κ3) is 5.48. The van der Waals surface area contributed by atoms with Gasteiger partial charge in [0, 0.05) is 26.2 Å². The summed E-state index contributed by atoms with van der Waals surface area (Å²) < 4.78 is 5.44. The van der Waals surface area contributed by atoms with Crippen LogP contribution in [0.2, 0.25) is 0 Å². The van der Waals surface area contributed by atoms with Gasteiger partial charge in [-0.05, 0) is 46.1 Å². The molecule has 0 aromatic heterocycles. The van der Waals surface area contributed by atoms with Crippen LogP contribution in [0.1, 0.15) is 46.0 Å². The third-order valence-corrected chi connectivity index (χ3v) is 4.19. The van der Waals surface area contributed by atoms with Crippen LogP contribution in [0.5, 0.6) is 0 Å². The van der Waals surface area contributed by atoms with Crippen molar-refractivity contribution in [1.29, 1.82) is 5.26 Å². The normalized spacial score (nSPS) is 25.2. The Bertz CT molecular complexity index is 298.